The van der Waals surface area contributed by atoms with Crippen LogP contribution in [0, 0.1) is 11.3 Å². The Hall–Kier alpha value is -2.88. The second-order valence-electron chi connectivity index (χ2n) is 5.20. The number of hydrogen-bond acceptors (Lipinski definition) is 5. The van der Waals surface area contributed by atoms with Crippen LogP contribution in [0.3, 0.4) is 0 Å². The number of halogens is 1. The van der Waals surface area contributed by atoms with Gasteiger partial charge in [0.2, 0.25) is 0 Å². The number of aliphatic hydroxyl groups is 1. The van der Waals surface area contributed by atoms with E-state index in [1.807, 2.05) is 6.07 Å². The minimum atomic E-state index is -1.03. The molecule has 0 bridgehead atoms. The van der Waals surface area contributed by atoms with Crippen molar-refractivity contribution in [3.05, 3.63) is 64.2 Å². The maximum Gasteiger partial charge on any atom is 0.338 e. The molecule has 0 fully saturated rings. The van der Waals surface area contributed by atoms with Crippen molar-refractivity contribution in [1.29, 1.82) is 5.26 Å². The number of esters is 1. The molecule has 0 heterocycles. The van der Waals surface area contributed by atoms with E-state index in [4.69, 9.17) is 26.7 Å². The molecule has 6 nitrogen and oxygen atoms in total. The molecule has 2 rings (SSSR count). The van der Waals surface area contributed by atoms with Gasteiger partial charge in [-0.3, -0.25) is 4.79 Å². The summed E-state index contributed by atoms with van der Waals surface area (Å²) in [5.74, 6) is -1.17. The van der Waals surface area contributed by atoms with Gasteiger partial charge in [0.05, 0.1) is 22.8 Å². The highest BCUT2D eigenvalue weighted by atomic mass is 35.5. The standard InChI is InChI=1S/C18H15ClN2O4/c1-11(25-18(24)13-4-2-12(10-22)3-5-13)17(23)21-15-7-6-14(9-20)16(19)8-15/h2-8,11,22H,10H2,1H3,(H,21,23)/t11-/m0/s1. The van der Waals surface area contributed by atoms with Gasteiger partial charge in [-0.1, -0.05) is 23.7 Å². The van der Waals surface area contributed by atoms with Crippen molar-refractivity contribution in [2.45, 2.75) is 19.6 Å². The maximum absolute atomic E-state index is 12.1. The zero-order valence-corrected chi connectivity index (χ0v) is 14.1. The zero-order valence-electron chi connectivity index (χ0n) is 13.3. The average Bonchev–Trinajstić information content (AvgIpc) is 2.61. The van der Waals surface area contributed by atoms with Gasteiger partial charge in [-0.05, 0) is 42.8 Å². The van der Waals surface area contributed by atoms with E-state index in [2.05, 4.69) is 5.32 Å². The number of nitrogens with zero attached hydrogens (tertiary/aromatic N) is 1. The Balaban J connectivity index is 1.98. The fraction of sp³-hybridized carbons (Fsp3) is 0.167. The Labute approximate surface area is 149 Å². The lowest BCUT2D eigenvalue weighted by Gasteiger charge is -2.14. The number of hydrogen-bond donors (Lipinski definition) is 2. The summed E-state index contributed by atoms with van der Waals surface area (Å²) in [7, 11) is 0. The van der Waals surface area contributed by atoms with Gasteiger partial charge < -0.3 is 15.2 Å². The summed E-state index contributed by atoms with van der Waals surface area (Å²) >= 11 is 5.90. The van der Waals surface area contributed by atoms with Crippen LogP contribution < -0.4 is 5.32 Å². The van der Waals surface area contributed by atoms with Crippen LogP contribution in [0.25, 0.3) is 0 Å². The Morgan fingerprint density at radius 2 is 1.96 bits per heavy atom. The van der Waals surface area contributed by atoms with Gasteiger partial charge in [0.25, 0.3) is 5.91 Å². The summed E-state index contributed by atoms with van der Waals surface area (Å²) in [5.41, 5.74) is 1.63. The van der Waals surface area contributed by atoms with Crippen molar-refractivity contribution in [3.8, 4) is 6.07 Å². The Morgan fingerprint density at radius 3 is 2.52 bits per heavy atom. The molecule has 0 radical (unpaired) electrons. The fourth-order valence-electron chi connectivity index (χ4n) is 1.96. The molecule has 0 spiro atoms. The van der Waals surface area contributed by atoms with Crippen molar-refractivity contribution in [2.75, 3.05) is 5.32 Å². The smallest absolute Gasteiger partial charge is 0.338 e. The molecule has 128 valence electrons. The van der Waals surface area contributed by atoms with Crippen LogP contribution in [-0.4, -0.2) is 23.1 Å². The number of nitrogens with one attached hydrogen (secondary N) is 1. The van der Waals surface area contributed by atoms with Crippen LogP contribution in [-0.2, 0) is 16.1 Å². The fourth-order valence-corrected chi connectivity index (χ4v) is 2.18. The maximum atomic E-state index is 12.1. The molecule has 0 aromatic heterocycles. The minimum absolute atomic E-state index is 0.124. The van der Waals surface area contributed by atoms with Gasteiger partial charge in [-0.2, -0.15) is 5.26 Å². The molecule has 1 atom stereocenters. The van der Waals surface area contributed by atoms with E-state index in [1.165, 1.54) is 37.3 Å². The van der Waals surface area contributed by atoms with E-state index in [9.17, 15) is 9.59 Å². The summed E-state index contributed by atoms with van der Waals surface area (Å²) in [6.45, 7) is 1.32. The predicted molar refractivity (Wildman–Crippen MR) is 92.0 cm³/mol. The van der Waals surface area contributed by atoms with Crippen molar-refractivity contribution in [3.63, 3.8) is 0 Å². The van der Waals surface area contributed by atoms with Crippen molar-refractivity contribution in [1.82, 2.24) is 0 Å². The minimum Gasteiger partial charge on any atom is -0.449 e. The predicted octanol–water partition coefficient (Wildman–Crippen LogP) is 2.89. The lowest BCUT2D eigenvalue weighted by atomic mass is 10.1. The van der Waals surface area contributed by atoms with Gasteiger partial charge in [0.15, 0.2) is 6.10 Å². The molecule has 25 heavy (non-hydrogen) atoms. The van der Waals surface area contributed by atoms with E-state index >= 15 is 0 Å². The first-order valence-electron chi connectivity index (χ1n) is 7.36. The van der Waals surface area contributed by atoms with Gasteiger partial charge in [0.1, 0.15) is 6.07 Å². The number of nitriles is 1. The van der Waals surface area contributed by atoms with E-state index < -0.39 is 18.0 Å². The van der Waals surface area contributed by atoms with Crippen LogP contribution >= 0.6 is 11.6 Å². The molecule has 1 amide bonds. The van der Waals surface area contributed by atoms with Gasteiger partial charge in [0, 0.05) is 5.69 Å². The Kier molecular flexibility index (Phi) is 6.12. The number of anilines is 1. The Morgan fingerprint density at radius 1 is 1.28 bits per heavy atom. The normalized spacial score (nSPS) is 11.3. The van der Waals surface area contributed by atoms with Crippen LogP contribution in [0.1, 0.15) is 28.4 Å². The number of amides is 1. The molecule has 2 aromatic carbocycles. The third-order valence-electron chi connectivity index (χ3n) is 3.38. The highest BCUT2D eigenvalue weighted by Gasteiger charge is 2.19. The molecular weight excluding hydrogens is 344 g/mol. The molecule has 2 aromatic rings. The van der Waals surface area contributed by atoms with Crippen molar-refractivity contribution < 1.29 is 19.4 Å². The second-order valence-corrected chi connectivity index (χ2v) is 5.61. The van der Waals surface area contributed by atoms with Crippen LogP contribution in [0.2, 0.25) is 5.02 Å². The first-order chi connectivity index (χ1) is 11.9. The highest BCUT2D eigenvalue weighted by molar-refractivity contribution is 6.32. The third-order valence-corrected chi connectivity index (χ3v) is 3.70. The summed E-state index contributed by atoms with van der Waals surface area (Å²) < 4.78 is 5.12. The topological polar surface area (TPSA) is 99.4 Å². The number of ether oxygens (including phenoxy) is 1. The molecule has 0 unspecified atom stereocenters. The van der Waals surface area contributed by atoms with E-state index in [-0.39, 0.29) is 17.2 Å². The molecule has 2 N–H and O–H groups in total. The summed E-state index contributed by atoms with van der Waals surface area (Å²) in [5, 5.41) is 20.6. The molecule has 0 saturated heterocycles. The SMILES string of the molecule is C[C@H](OC(=O)c1ccc(CO)cc1)C(=O)Nc1ccc(C#N)c(Cl)c1. The quantitative estimate of drug-likeness (QED) is 0.800. The number of aliphatic hydroxyl groups excluding tert-OH is 1. The molecule has 0 aliphatic carbocycles. The van der Waals surface area contributed by atoms with Crippen molar-refractivity contribution in [2.24, 2.45) is 0 Å². The first-order valence-corrected chi connectivity index (χ1v) is 7.73. The van der Waals surface area contributed by atoms with E-state index in [1.54, 1.807) is 12.1 Å². The molecular formula is C18H15ClN2O4. The molecule has 0 aliphatic rings. The van der Waals surface area contributed by atoms with E-state index in [0.29, 0.717) is 16.8 Å². The lowest BCUT2D eigenvalue weighted by Crippen LogP contribution is -2.30. The first kappa shape index (κ1) is 18.5. The number of rotatable bonds is 5. The van der Waals surface area contributed by atoms with Crippen LogP contribution in [0.4, 0.5) is 5.69 Å². The van der Waals surface area contributed by atoms with Crippen LogP contribution in [0.15, 0.2) is 42.5 Å². The molecule has 7 heteroatoms. The van der Waals surface area contributed by atoms with Crippen LogP contribution in [0.5, 0.6) is 0 Å². The zero-order chi connectivity index (χ0) is 18.4. The second kappa shape index (κ2) is 8.29. The third kappa shape index (κ3) is 4.80. The lowest BCUT2D eigenvalue weighted by molar-refractivity contribution is -0.123. The average molecular weight is 359 g/mol. The number of carbonyl (C=O) groups is 2. The highest BCUT2D eigenvalue weighted by Crippen LogP contribution is 2.20. The monoisotopic (exact) mass is 358 g/mol. The molecule has 0 saturated carbocycles. The largest absolute Gasteiger partial charge is 0.449 e. The van der Waals surface area contributed by atoms with Gasteiger partial charge in [-0.15, -0.1) is 0 Å². The van der Waals surface area contributed by atoms with Crippen molar-refractivity contribution >= 4 is 29.2 Å². The molecule has 0 aliphatic heterocycles. The summed E-state index contributed by atoms with van der Waals surface area (Å²) in [6.07, 6.45) is -1.03. The Bertz CT molecular complexity index is 828. The van der Waals surface area contributed by atoms with E-state index in [0.717, 1.165) is 0 Å². The van der Waals surface area contributed by atoms with Gasteiger partial charge >= 0.3 is 5.97 Å². The summed E-state index contributed by atoms with van der Waals surface area (Å²) in [4.78, 5) is 24.1. The number of carbonyl (C=O) groups excluding carboxylic acids is 2. The summed E-state index contributed by atoms with van der Waals surface area (Å²) in [6, 6.07) is 12.6. The van der Waals surface area contributed by atoms with Gasteiger partial charge in [-0.25, -0.2) is 4.79 Å². The number of benzene rings is 2.